The van der Waals surface area contributed by atoms with E-state index >= 15 is 0 Å². The molecule has 2 aromatic rings. The maximum atomic E-state index is 13.0. The first-order valence-electron chi connectivity index (χ1n) is 6.80. The van der Waals surface area contributed by atoms with Crippen LogP contribution in [0.2, 0.25) is 0 Å². The zero-order valence-corrected chi connectivity index (χ0v) is 11.3. The predicted octanol–water partition coefficient (Wildman–Crippen LogP) is 3.66. The van der Waals surface area contributed by atoms with E-state index in [2.05, 4.69) is 13.0 Å². The lowest BCUT2D eigenvalue weighted by Crippen LogP contribution is -2.39. The van der Waals surface area contributed by atoms with Crippen LogP contribution in [0.15, 0.2) is 48.5 Å². The Morgan fingerprint density at radius 2 is 1.85 bits per heavy atom. The molecule has 0 saturated carbocycles. The molecule has 3 heteroatoms. The van der Waals surface area contributed by atoms with Gasteiger partial charge in [-0.05, 0) is 48.2 Å². The Hall–Kier alpha value is -2.16. The first kappa shape index (κ1) is 12.9. The lowest BCUT2D eigenvalue weighted by molar-refractivity contribution is 0.0981. The maximum absolute atomic E-state index is 13.0. The van der Waals surface area contributed by atoms with Gasteiger partial charge in [-0.25, -0.2) is 4.39 Å². The van der Waals surface area contributed by atoms with Crippen molar-refractivity contribution < 1.29 is 9.18 Å². The standard InChI is InChI=1S/C17H16FNO/c1-12-10-14-4-2-3-5-16(14)19(11-12)17(20)13-6-8-15(18)9-7-13/h2-9,12H,10-11H2,1H3. The molecule has 1 aliphatic heterocycles. The van der Waals surface area contributed by atoms with Crippen molar-refractivity contribution in [1.29, 1.82) is 0 Å². The van der Waals surface area contributed by atoms with Gasteiger partial charge >= 0.3 is 0 Å². The molecule has 2 nitrogen and oxygen atoms in total. The fourth-order valence-corrected chi connectivity index (χ4v) is 2.74. The molecule has 0 aromatic heterocycles. The smallest absolute Gasteiger partial charge is 0.258 e. The number of para-hydroxylation sites is 1. The summed E-state index contributed by atoms with van der Waals surface area (Å²) in [6.45, 7) is 2.84. The summed E-state index contributed by atoms with van der Waals surface area (Å²) in [4.78, 5) is 14.4. The van der Waals surface area contributed by atoms with Gasteiger partial charge in [-0.3, -0.25) is 4.79 Å². The van der Waals surface area contributed by atoms with E-state index < -0.39 is 0 Å². The lowest BCUT2D eigenvalue weighted by atomic mass is 9.93. The summed E-state index contributed by atoms with van der Waals surface area (Å²) in [5, 5.41) is 0. The monoisotopic (exact) mass is 269 g/mol. The average molecular weight is 269 g/mol. The zero-order valence-electron chi connectivity index (χ0n) is 11.3. The number of hydrogen-bond donors (Lipinski definition) is 0. The van der Waals surface area contributed by atoms with E-state index in [0.717, 1.165) is 12.1 Å². The number of anilines is 1. The highest BCUT2D eigenvalue weighted by molar-refractivity contribution is 6.06. The van der Waals surface area contributed by atoms with Gasteiger partial charge in [0.2, 0.25) is 0 Å². The highest BCUT2D eigenvalue weighted by Crippen LogP contribution is 2.30. The van der Waals surface area contributed by atoms with Gasteiger partial charge < -0.3 is 4.90 Å². The molecule has 2 aromatic carbocycles. The first-order chi connectivity index (χ1) is 9.65. The predicted molar refractivity (Wildman–Crippen MR) is 77.4 cm³/mol. The summed E-state index contributed by atoms with van der Waals surface area (Å²) in [6.07, 6.45) is 0.989. The number of halogens is 1. The minimum atomic E-state index is -0.325. The Morgan fingerprint density at radius 1 is 1.15 bits per heavy atom. The minimum absolute atomic E-state index is 0.0657. The van der Waals surface area contributed by atoms with Crippen molar-refractivity contribution in [2.45, 2.75) is 13.3 Å². The van der Waals surface area contributed by atoms with E-state index in [1.165, 1.54) is 17.7 Å². The molecule has 0 saturated heterocycles. The largest absolute Gasteiger partial charge is 0.308 e. The van der Waals surface area contributed by atoms with Gasteiger partial charge in [-0.15, -0.1) is 0 Å². The Bertz CT molecular complexity index is 636. The van der Waals surface area contributed by atoms with E-state index in [1.807, 2.05) is 18.2 Å². The number of benzene rings is 2. The minimum Gasteiger partial charge on any atom is -0.308 e. The number of carbonyl (C=O) groups excluding carboxylic acids is 1. The van der Waals surface area contributed by atoms with Gasteiger partial charge in [0, 0.05) is 17.8 Å². The SMILES string of the molecule is CC1Cc2ccccc2N(C(=O)c2ccc(F)cc2)C1. The normalized spacial score (nSPS) is 17.7. The van der Waals surface area contributed by atoms with Crippen LogP contribution in [0.4, 0.5) is 10.1 Å². The molecule has 3 rings (SSSR count). The number of fused-ring (bicyclic) bond motifs is 1. The molecule has 1 amide bonds. The second kappa shape index (κ2) is 5.08. The quantitative estimate of drug-likeness (QED) is 0.773. The summed E-state index contributed by atoms with van der Waals surface area (Å²) >= 11 is 0. The molecular formula is C17H16FNO. The summed E-state index contributed by atoms with van der Waals surface area (Å²) in [7, 11) is 0. The van der Waals surface area contributed by atoms with Crippen molar-refractivity contribution >= 4 is 11.6 Å². The third kappa shape index (κ3) is 2.31. The van der Waals surface area contributed by atoms with Crippen LogP contribution < -0.4 is 4.90 Å². The molecule has 102 valence electrons. The highest BCUT2D eigenvalue weighted by atomic mass is 19.1. The Morgan fingerprint density at radius 3 is 2.60 bits per heavy atom. The van der Waals surface area contributed by atoms with Gasteiger partial charge in [0.15, 0.2) is 0 Å². The zero-order chi connectivity index (χ0) is 14.1. The molecular weight excluding hydrogens is 253 g/mol. The van der Waals surface area contributed by atoms with Crippen LogP contribution in [0, 0.1) is 11.7 Å². The highest BCUT2D eigenvalue weighted by Gasteiger charge is 2.26. The average Bonchev–Trinajstić information content (AvgIpc) is 2.46. The number of nitrogens with zero attached hydrogens (tertiary/aromatic N) is 1. The van der Waals surface area contributed by atoms with Gasteiger partial charge in [0.1, 0.15) is 5.82 Å². The molecule has 0 fully saturated rings. The fraction of sp³-hybridized carbons (Fsp3) is 0.235. The van der Waals surface area contributed by atoms with E-state index in [9.17, 15) is 9.18 Å². The molecule has 20 heavy (non-hydrogen) atoms. The van der Waals surface area contributed by atoms with E-state index in [4.69, 9.17) is 0 Å². The van der Waals surface area contributed by atoms with Crippen LogP contribution in [0.5, 0.6) is 0 Å². The summed E-state index contributed by atoms with van der Waals surface area (Å²) in [5.41, 5.74) is 2.69. The van der Waals surface area contributed by atoms with Crippen molar-refractivity contribution in [2.24, 2.45) is 5.92 Å². The van der Waals surface area contributed by atoms with Crippen LogP contribution in [0.1, 0.15) is 22.8 Å². The van der Waals surface area contributed by atoms with Crippen molar-refractivity contribution in [3.63, 3.8) is 0 Å². The van der Waals surface area contributed by atoms with Gasteiger partial charge in [-0.1, -0.05) is 25.1 Å². The van der Waals surface area contributed by atoms with Crippen LogP contribution in [0.25, 0.3) is 0 Å². The number of hydrogen-bond acceptors (Lipinski definition) is 1. The number of carbonyl (C=O) groups is 1. The Kier molecular flexibility index (Phi) is 3.26. The topological polar surface area (TPSA) is 20.3 Å². The van der Waals surface area contributed by atoms with Gasteiger partial charge in [0.25, 0.3) is 5.91 Å². The molecule has 0 bridgehead atoms. The van der Waals surface area contributed by atoms with Crippen molar-refractivity contribution in [1.82, 2.24) is 0 Å². The third-order valence-electron chi connectivity index (χ3n) is 3.68. The molecule has 1 unspecified atom stereocenters. The van der Waals surface area contributed by atoms with Crippen LogP contribution in [0.3, 0.4) is 0 Å². The van der Waals surface area contributed by atoms with Gasteiger partial charge in [-0.2, -0.15) is 0 Å². The van der Waals surface area contributed by atoms with E-state index in [1.54, 1.807) is 17.0 Å². The molecule has 1 heterocycles. The molecule has 1 atom stereocenters. The first-order valence-corrected chi connectivity index (χ1v) is 6.80. The Labute approximate surface area is 117 Å². The van der Waals surface area contributed by atoms with Crippen molar-refractivity contribution in [3.8, 4) is 0 Å². The lowest BCUT2D eigenvalue weighted by Gasteiger charge is -2.33. The molecule has 0 N–H and O–H groups in total. The van der Waals surface area contributed by atoms with Crippen molar-refractivity contribution in [2.75, 3.05) is 11.4 Å². The van der Waals surface area contributed by atoms with Gasteiger partial charge in [0.05, 0.1) is 0 Å². The molecule has 1 aliphatic rings. The Balaban J connectivity index is 1.97. The molecule has 0 spiro atoms. The number of rotatable bonds is 1. The number of amides is 1. The van der Waals surface area contributed by atoms with Crippen LogP contribution in [-0.2, 0) is 6.42 Å². The summed E-state index contributed by atoms with van der Waals surface area (Å²) in [5.74, 6) is 0.0345. The van der Waals surface area contributed by atoms with E-state index in [0.29, 0.717) is 18.0 Å². The molecule has 0 radical (unpaired) electrons. The summed E-state index contributed by atoms with van der Waals surface area (Å²) in [6, 6.07) is 13.7. The molecule has 0 aliphatic carbocycles. The summed E-state index contributed by atoms with van der Waals surface area (Å²) < 4.78 is 13.0. The maximum Gasteiger partial charge on any atom is 0.258 e. The van der Waals surface area contributed by atoms with Crippen molar-refractivity contribution in [3.05, 3.63) is 65.5 Å². The van der Waals surface area contributed by atoms with Crippen LogP contribution in [-0.4, -0.2) is 12.5 Å². The fourth-order valence-electron chi connectivity index (χ4n) is 2.74. The third-order valence-corrected chi connectivity index (χ3v) is 3.68. The van der Waals surface area contributed by atoms with E-state index in [-0.39, 0.29) is 11.7 Å². The van der Waals surface area contributed by atoms with Crippen LogP contribution >= 0.6 is 0 Å². The second-order valence-electron chi connectivity index (χ2n) is 5.36. The second-order valence-corrected chi connectivity index (χ2v) is 5.36.